The lowest BCUT2D eigenvalue weighted by Gasteiger charge is -2.24. The van der Waals surface area contributed by atoms with E-state index in [-0.39, 0.29) is 22.6 Å². The molecule has 1 aliphatic heterocycles. The zero-order valence-electron chi connectivity index (χ0n) is 13.8. The largest absolute Gasteiger partial charge is 0.480 e. The van der Waals surface area contributed by atoms with Crippen LogP contribution < -0.4 is 0 Å². The maximum Gasteiger partial charge on any atom is 0.326 e. The molecule has 1 aliphatic rings. The van der Waals surface area contributed by atoms with Crippen LogP contribution in [0.1, 0.15) is 19.8 Å². The number of amides is 1. The van der Waals surface area contributed by atoms with E-state index in [1.807, 2.05) is 0 Å². The van der Waals surface area contributed by atoms with E-state index in [2.05, 4.69) is 14.9 Å². The summed E-state index contributed by atoms with van der Waals surface area (Å²) >= 11 is 1.30. The Morgan fingerprint density at radius 3 is 2.88 bits per heavy atom. The molecule has 26 heavy (non-hydrogen) atoms. The minimum atomic E-state index is -0.985. The second kappa shape index (κ2) is 7.28. The third-order valence-corrected chi connectivity index (χ3v) is 5.59. The van der Waals surface area contributed by atoms with E-state index in [0.717, 1.165) is 0 Å². The smallest absolute Gasteiger partial charge is 0.326 e. The van der Waals surface area contributed by atoms with Crippen molar-refractivity contribution in [3.05, 3.63) is 22.2 Å². The fourth-order valence-electron chi connectivity index (χ4n) is 2.95. The Morgan fingerprint density at radius 2 is 2.19 bits per heavy atom. The quantitative estimate of drug-likeness (QED) is 0.452. The highest BCUT2D eigenvalue weighted by molar-refractivity contribution is 7.99. The van der Waals surface area contributed by atoms with E-state index in [0.29, 0.717) is 30.0 Å². The number of benzene rings is 1. The molecule has 138 valence electrons. The lowest BCUT2D eigenvalue weighted by atomic mass is 10.1. The van der Waals surface area contributed by atoms with Crippen molar-refractivity contribution < 1.29 is 24.2 Å². The fourth-order valence-corrected chi connectivity index (χ4v) is 3.96. The van der Waals surface area contributed by atoms with Crippen LogP contribution in [-0.4, -0.2) is 55.5 Å². The van der Waals surface area contributed by atoms with E-state index >= 15 is 0 Å². The molecule has 1 aromatic carbocycles. The number of carbonyl (C=O) groups is 2. The molecule has 2 heterocycles. The lowest BCUT2D eigenvalue weighted by molar-refractivity contribution is -0.383. The Kier molecular flexibility index (Phi) is 5.07. The van der Waals surface area contributed by atoms with E-state index in [1.165, 1.54) is 22.7 Å². The molecule has 0 spiro atoms. The first-order valence-corrected chi connectivity index (χ1v) is 8.94. The van der Waals surface area contributed by atoms with Crippen LogP contribution in [0.2, 0.25) is 0 Å². The van der Waals surface area contributed by atoms with Crippen molar-refractivity contribution >= 4 is 40.4 Å². The van der Waals surface area contributed by atoms with Gasteiger partial charge in [0.1, 0.15) is 6.04 Å². The molecule has 1 saturated heterocycles. The standard InChI is InChI=1S/C15H16N4O6S/c1-8(14(20)18-6-2-3-10(18)15(21)22)7-26-11-5-4-9(19(23)24)12-13(11)17-25-16-12/h4-5,8,10H,2-3,6-7H2,1H3,(H,21,22)/t8?,10-/m0/s1. The number of rotatable bonds is 6. The number of hydrogen-bond acceptors (Lipinski definition) is 8. The van der Waals surface area contributed by atoms with E-state index in [4.69, 9.17) is 0 Å². The first-order valence-electron chi connectivity index (χ1n) is 7.96. The molecule has 1 unspecified atom stereocenters. The number of likely N-dealkylation sites (tertiary alicyclic amines) is 1. The van der Waals surface area contributed by atoms with Gasteiger partial charge in [0.2, 0.25) is 11.4 Å². The third-order valence-electron chi connectivity index (χ3n) is 4.29. The Bertz CT molecular complexity index is 869. The Balaban J connectivity index is 1.71. The SMILES string of the molecule is CC(CSc1ccc([N+](=O)[O-])c2nonc12)C(=O)N1CCC[C@H]1C(=O)O. The first-order chi connectivity index (χ1) is 12.4. The number of nitrogens with zero attached hydrogens (tertiary/aromatic N) is 4. The molecule has 1 fully saturated rings. The van der Waals surface area contributed by atoms with Gasteiger partial charge in [0, 0.05) is 29.2 Å². The summed E-state index contributed by atoms with van der Waals surface area (Å²) in [6.07, 6.45) is 1.14. The van der Waals surface area contributed by atoms with E-state index in [1.54, 1.807) is 13.0 Å². The predicted molar refractivity (Wildman–Crippen MR) is 90.7 cm³/mol. The predicted octanol–water partition coefficient (Wildman–Crippen LogP) is 1.93. The molecular weight excluding hydrogens is 364 g/mol. The van der Waals surface area contributed by atoms with Crippen LogP contribution in [0.3, 0.4) is 0 Å². The number of fused-ring (bicyclic) bond motifs is 1. The van der Waals surface area contributed by atoms with Gasteiger partial charge in [-0.1, -0.05) is 6.92 Å². The van der Waals surface area contributed by atoms with Crippen molar-refractivity contribution in [3.8, 4) is 0 Å². The summed E-state index contributed by atoms with van der Waals surface area (Å²) in [5.74, 6) is -1.23. The number of non-ortho nitro benzene ring substituents is 1. The normalized spacial score (nSPS) is 18.2. The van der Waals surface area contributed by atoms with Crippen molar-refractivity contribution in [1.29, 1.82) is 0 Å². The topological polar surface area (TPSA) is 140 Å². The first kappa shape index (κ1) is 18.1. The van der Waals surface area contributed by atoms with Gasteiger partial charge in [0.25, 0.3) is 0 Å². The highest BCUT2D eigenvalue weighted by atomic mass is 32.2. The van der Waals surface area contributed by atoms with Crippen LogP contribution in [0.5, 0.6) is 0 Å². The number of nitro benzene ring substituents is 1. The molecule has 3 rings (SSSR count). The van der Waals surface area contributed by atoms with Crippen molar-refractivity contribution in [2.24, 2.45) is 5.92 Å². The van der Waals surface area contributed by atoms with Crippen molar-refractivity contribution in [2.75, 3.05) is 12.3 Å². The average Bonchev–Trinajstić information content (AvgIpc) is 3.27. The maximum absolute atomic E-state index is 12.6. The summed E-state index contributed by atoms with van der Waals surface area (Å²) in [6.45, 7) is 2.18. The van der Waals surface area contributed by atoms with Gasteiger partial charge in [-0.05, 0) is 29.2 Å². The van der Waals surface area contributed by atoms with Crippen LogP contribution in [0.25, 0.3) is 11.0 Å². The Labute approximate surface area is 151 Å². The number of thioether (sulfide) groups is 1. The van der Waals surface area contributed by atoms with Crippen molar-refractivity contribution in [3.63, 3.8) is 0 Å². The summed E-state index contributed by atoms with van der Waals surface area (Å²) in [6, 6.07) is 2.10. The molecule has 0 radical (unpaired) electrons. The summed E-state index contributed by atoms with van der Waals surface area (Å²) in [7, 11) is 0. The van der Waals surface area contributed by atoms with Gasteiger partial charge < -0.3 is 10.0 Å². The minimum Gasteiger partial charge on any atom is -0.480 e. The average molecular weight is 380 g/mol. The number of carboxylic acid groups (broad SMARTS) is 1. The van der Waals surface area contributed by atoms with Crippen molar-refractivity contribution in [2.45, 2.75) is 30.7 Å². The minimum absolute atomic E-state index is 0.0597. The molecule has 10 nitrogen and oxygen atoms in total. The highest BCUT2D eigenvalue weighted by Crippen LogP contribution is 2.33. The molecular formula is C15H16N4O6S. The molecule has 2 atom stereocenters. The van der Waals surface area contributed by atoms with Gasteiger partial charge in [0.15, 0.2) is 5.52 Å². The lowest BCUT2D eigenvalue weighted by Crippen LogP contribution is -2.43. The second-order valence-electron chi connectivity index (χ2n) is 6.04. The van der Waals surface area contributed by atoms with Crippen LogP contribution in [-0.2, 0) is 9.59 Å². The molecule has 0 saturated carbocycles. The number of hydrogen-bond donors (Lipinski definition) is 1. The van der Waals surface area contributed by atoms with Crippen LogP contribution in [0.15, 0.2) is 21.7 Å². The van der Waals surface area contributed by atoms with Gasteiger partial charge in [-0.15, -0.1) is 11.8 Å². The summed E-state index contributed by atoms with van der Waals surface area (Å²) in [5.41, 5.74) is 0.133. The number of nitro groups is 1. The number of carboxylic acids is 1. The number of aromatic nitrogens is 2. The molecule has 1 aromatic heterocycles. The summed E-state index contributed by atoms with van der Waals surface area (Å²) in [5, 5.41) is 27.5. The number of aliphatic carboxylic acids is 1. The van der Waals surface area contributed by atoms with Crippen LogP contribution in [0, 0.1) is 16.0 Å². The molecule has 1 amide bonds. The Hall–Kier alpha value is -2.69. The maximum atomic E-state index is 12.6. The van der Waals surface area contributed by atoms with Gasteiger partial charge in [-0.3, -0.25) is 14.9 Å². The zero-order chi connectivity index (χ0) is 18.8. The van der Waals surface area contributed by atoms with Gasteiger partial charge in [-0.2, -0.15) is 0 Å². The third kappa shape index (κ3) is 3.34. The molecule has 11 heteroatoms. The van der Waals surface area contributed by atoms with Crippen molar-refractivity contribution in [1.82, 2.24) is 15.2 Å². The van der Waals surface area contributed by atoms with Gasteiger partial charge >= 0.3 is 11.7 Å². The molecule has 0 bridgehead atoms. The monoisotopic (exact) mass is 380 g/mol. The van der Waals surface area contributed by atoms with E-state index < -0.39 is 22.9 Å². The Morgan fingerprint density at radius 1 is 1.46 bits per heavy atom. The second-order valence-corrected chi connectivity index (χ2v) is 7.10. The summed E-state index contributed by atoms with van der Waals surface area (Å²) < 4.78 is 4.61. The summed E-state index contributed by atoms with van der Waals surface area (Å²) in [4.78, 5) is 36.3. The van der Waals surface area contributed by atoms with E-state index in [9.17, 15) is 24.8 Å². The molecule has 1 N–H and O–H groups in total. The molecule has 2 aromatic rings. The molecule has 0 aliphatic carbocycles. The van der Waals surface area contributed by atoms with Crippen LogP contribution >= 0.6 is 11.8 Å². The fraction of sp³-hybridized carbons (Fsp3) is 0.467. The number of carbonyl (C=O) groups excluding carboxylic acids is 1. The van der Waals surface area contributed by atoms with Gasteiger partial charge in [-0.25, -0.2) is 9.42 Å². The van der Waals surface area contributed by atoms with Gasteiger partial charge in [0.05, 0.1) is 4.92 Å². The van der Waals surface area contributed by atoms with Crippen LogP contribution in [0.4, 0.5) is 5.69 Å². The zero-order valence-corrected chi connectivity index (χ0v) is 14.6. The highest BCUT2D eigenvalue weighted by Gasteiger charge is 2.35.